The highest BCUT2D eigenvalue weighted by atomic mass is 35.5. The number of halogens is 1. The van der Waals surface area contributed by atoms with Gasteiger partial charge in [-0.1, -0.05) is 29.8 Å². The maximum Gasteiger partial charge on any atom is 0.264 e. The average molecular weight is 460 g/mol. The van der Waals surface area contributed by atoms with Crippen molar-refractivity contribution in [3.63, 3.8) is 0 Å². The van der Waals surface area contributed by atoms with Gasteiger partial charge in [0.2, 0.25) is 0 Å². The lowest BCUT2D eigenvalue weighted by molar-refractivity contribution is 0.0795. The predicted molar refractivity (Wildman–Crippen MR) is 129 cm³/mol. The minimum atomic E-state index is 0.0924. The van der Waals surface area contributed by atoms with Crippen molar-refractivity contribution in [1.82, 2.24) is 9.80 Å². The van der Waals surface area contributed by atoms with Crippen LogP contribution >= 0.6 is 22.9 Å². The van der Waals surface area contributed by atoms with Gasteiger partial charge in [-0.25, -0.2) is 0 Å². The highest BCUT2D eigenvalue weighted by molar-refractivity contribution is 7.17. The van der Waals surface area contributed by atoms with E-state index < -0.39 is 0 Å². The van der Waals surface area contributed by atoms with E-state index in [1.54, 1.807) is 18.4 Å². The number of amides is 1. The Morgan fingerprint density at radius 1 is 1.32 bits per heavy atom. The number of aryl methyl sites for hydroxylation is 1. The van der Waals surface area contributed by atoms with Gasteiger partial charge in [-0.2, -0.15) is 0 Å². The van der Waals surface area contributed by atoms with Crippen molar-refractivity contribution in [2.24, 2.45) is 5.73 Å². The lowest BCUT2D eigenvalue weighted by Gasteiger charge is -2.26. The van der Waals surface area contributed by atoms with Gasteiger partial charge in [0, 0.05) is 55.8 Å². The van der Waals surface area contributed by atoms with Crippen molar-refractivity contribution in [2.75, 3.05) is 46.4 Å². The zero-order valence-corrected chi connectivity index (χ0v) is 19.8. The molecule has 1 saturated heterocycles. The van der Waals surface area contributed by atoms with Crippen LogP contribution in [0.4, 0.5) is 0 Å². The highest BCUT2D eigenvalue weighted by Gasteiger charge is 2.27. The molecule has 1 aromatic carbocycles. The molecular weight excluding hydrogens is 430 g/mol. The van der Waals surface area contributed by atoms with Crippen molar-refractivity contribution in [3.8, 4) is 10.4 Å². The molecule has 3 heterocycles. The van der Waals surface area contributed by atoms with Crippen molar-refractivity contribution < 1.29 is 9.53 Å². The van der Waals surface area contributed by atoms with Crippen molar-refractivity contribution >= 4 is 34.4 Å². The van der Waals surface area contributed by atoms with E-state index in [4.69, 9.17) is 22.1 Å². The standard InChI is InChI=1S/C24H30ClN3O2S/c1-16-13-22(31-23(16)24(29)28-10-7-19(26)15-28)18-3-4-20(21(25)14-18)17-5-8-27(9-6-17)11-12-30-2/h3-5,13-14,19H,6-12,15,26H2,1-2H3/t19-/m0/s1. The van der Waals surface area contributed by atoms with E-state index >= 15 is 0 Å². The summed E-state index contributed by atoms with van der Waals surface area (Å²) in [5.74, 6) is 0.0924. The summed E-state index contributed by atoms with van der Waals surface area (Å²) in [6.45, 7) is 7.04. The normalized spacial score (nSPS) is 19.7. The van der Waals surface area contributed by atoms with Gasteiger partial charge < -0.3 is 15.4 Å². The first-order valence-corrected chi connectivity index (χ1v) is 12.0. The third kappa shape index (κ3) is 5.04. The van der Waals surface area contributed by atoms with E-state index in [-0.39, 0.29) is 11.9 Å². The van der Waals surface area contributed by atoms with Crippen LogP contribution in [0.25, 0.3) is 16.0 Å². The van der Waals surface area contributed by atoms with Gasteiger partial charge >= 0.3 is 0 Å². The van der Waals surface area contributed by atoms with Crippen LogP contribution in [-0.2, 0) is 4.74 Å². The Kier molecular flexibility index (Phi) is 7.14. The molecule has 0 aliphatic carbocycles. The molecular formula is C24H30ClN3O2S. The van der Waals surface area contributed by atoms with Gasteiger partial charge in [-0.3, -0.25) is 9.69 Å². The number of nitrogens with two attached hydrogens (primary N) is 1. The van der Waals surface area contributed by atoms with Crippen LogP contribution in [-0.4, -0.2) is 68.2 Å². The zero-order valence-electron chi connectivity index (χ0n) is 18.2. The first-order chi connectivity index (χ1) is 15.0. The van der Waals surface area contributed by atoms with Gasteiger partial charge in [-0.05, 0) is 54.2 Å². The number of nitrogens with zero attached hydrogens (tertiary/aromatic N) is 2. The summed E-state index contributed by atoms with van der Waals surface area (Å²) in [5, 5.41) is 0.763. The lowest BCUT2D eigenvalue weighted by Crippen LogP contribution is -2.31. The number of benzene rings is 1. The maximum atomic E-state index is 12.9. The minimum Gasteiger partial charge on any atom is -0.383 e. The van der Waals surface area contributed by atoms with E-state index in [9.17, 15) is 4.79 Å². The summed E-state index contributed by atoms with van der Waals surface area (Å²) in [5.41, 5.74) is 10.4. The minimum absolute atomic E-state index is 0.0924. The third-order valence-electron chi connectivity index (χ3n) is 6.13. The summed E-state index contributed by atoms with van der Waals surface area (Å²) in [6, 6.07) is 8.44. The van der Waals surface area contributed by atoms with Crippen molar-refractivity contribution in [3.05, 3.63) is 51.4 Å². The molecule has 1 amide bonds. The number of likely N-dealkylation sites (tertiary alicyclic amines) is 1. The van der Waals surface area contributed by atoms with Gasteiger partial charge in [0.25, 0.3) is 5.91 Å². The highest BCUT2D eigenvalue weighted by Crippen LogP contribution is 2.37. The number of ether oxygens (including phenoxy) is 1. The molecule has 7 heteroatoms. The van der Waals surface area contributed by atoms with Gasteiger partial charge in [-0.15, -0.1) is 11.3 Å². The van der Waals surface area contributed by atoms with Crippen LogP contribution in [0.15, 0.2) is 30.3 Å². The molecule has 166 valence electrons. The zero-order chi connectivity index (χ0) is 22.0. The van der Waals surface area contributed by atoms with E-state index in [2.05, 4.69) is 29.2 Å². The van der Waals surface area contributed by atoms with Crippen molar-refractivity contribution in [2.45, 2.75) is 25.8 Å². The third-order valence-corrected chi connectivity index (χ3v) is 7.72. The number of carbonyl (C=O) groups is 1. The smallest absolute Gasteiger partial charge is 0.264 e. The molecule has 0 radical (unpaired) electrons. The van der Waals surface area contributed by atoms with E-state index in [1.807, 2.05) is 17.9 Å². The Morgan fingerprint density at radius 3 is 2.81 bits per heavy atom. The number of methoxy groups -OCH3 is 1. The number of carbonyl (C=O) groups excluding carboxylic acids is 1. The van der Waals surface area contributed by atoms with E-state index in [1.165, 1.54) is 5.57 Å². The van der Waals surface area contributed by atoms with E-state index in [0.717, 1.165) is 77.1 Å². The fourth-order valence-corrected chi connectivity index (χ4v) is 5.70. The number of hydrogen-bond acceptors (Lipinski definition) is 5. The molecule has 5 nitrogen and oxygen atoms in total. The molecule has 2 aliphatic heterocycles. The molecule has 1 fully saturated rings. The Hall–Kier alpha value is -1.70. The van der Waals surface area contributed by atoms with Gasteiger partial charge in [0.15, 0.2) is 0 Å². The molecule has 1 atom stereocenters. The monoisotopic (exact) mass is 459 g/mol. The summed E-state index contributed by atoms with van der Waals surface area (Å²) >= 11 is 8.25. The Morgan fingerprint density at radius 2 is 2.16 bits per heavy atom. The second-order valence-electron chi connectivity index (χ2n) is 8.39. The molecule has 2 aromatic rings. The van der Waals surface area contributed by atoms with Crippen LogP contribution in [0.2, 0.25) is 5.02 Å². The van der Waals surface area contributed by atoms with Crippen LogP contribution in [0.3, 0.4) is 0 Å². The van der Waals surface area contributed by atoms with Gasteiger partial charge in [0.1, 0.15) is 0 Å². The molecule has 4 rings (SSSR count). The Balaban J connectivity index is 1.50. The quantitative estimate of drug-likeness (QED) is 0.700. The van der Waals surface area contributed by atoms with Crippen LogP contribution in [0.5, 0.6) is 0 Å². The second kappa shape index (κ2) is 9.84. The summed E-state index contributed by atoms with van der Waals surface area (Å²) in [4.78, 5) is 19.0. The van der Waals surface area contributed by atoms with Gasteiger partial charge in [0.05, 0.1) is 11.5 Å². The summed E-state index contributed by atoms with van der Waals surface area (Å²) in [7, 11) is 1.74. The fraction of sp³-hybridized carbons (Fsp3) is 0.458. The molecule has 1 aromatic heterocycles. The molecule has 0 bridgehead atoms. The molecule has 0 unspecified atom stereocenters. The van der Waals surface area contributed by atoms with Crippen LogP contribution in [0.1, 0.15) is 33.6 Å². The summed E-state index contributed by atoms with van der Waals surface area (Å²) in [6.07, 6.45) is 4.13. The Labute approximate surface area is 193 Å². The molecule has 31 heavy (non-hydrogen) atoms. The summed E-state index contributed by atoms with van der Waals surface area (Å²) < 4.78 is 5.18. The second-order valence-corrected chi connectivity index (χ2v) is 9.85. The molecule has 0 spiro atoms. The topological polar surface area (TPSA) is 58.8 Å². The van der Waals surface area contributed by atoms with Crippen LogP contribution < -0.4 is 5.73 Å². The fourth-order valence-electron chi connectivity index (χ4n) is 4.26. The lowest BCUT2D eigenvalue weighted by atomic mass is 9.98. The molecule has 0 saturated carbocycles. The number of thiophene rings is 1. The van der Waals surface area contributed by atoms with Crippen molar-refractivity contribution in [1.29, 1.82) is 0 Å². The number of hydrogen-bond donors (Lipinski definition) is 1. The largest absolute Gasteiger partial charge is 0.383 e. The SMILES string of the molecule is COCCN1CC=C(c2ccc(-c3cc(C)c(C(=O)N4CC[C@H](N)C4)s3)cc2Cl)CC1. The molecule has 2 aliphatic rings. The first-order valence-electron chi connectivity index (χ1n) is 10.8. The first kappa shape index (κ1) is 22.5. The predicted octanol–water partition coefficient (Wildman–Crippen LogP) is 4.29. The maximum absolute atomic E-state index is 12.9. The number of rotatable bonds is 6. The molecule has 2 N–H and O–H groups in total. The average Bonchev–Trinajstić information content (AvgIpc) is 3.38. The Bertz CT molecular complexity index is 987. The van der Waals surface area contributed by atoms with Crippen LogP contribution in [0, 0.1) is 6.92 Å². The van der Waals surface area contributed by atoms with E-state index in [0.29, 0.717) is 6.54 Å².